The number of fused-ring (bicyclic) bond motifs is 2. The molecule has 15 heavy (non-hydrogen) atoms. The standard InChI is InChI=1S/C12H16O3/c1-3-15-11(14)12-5-4-9(10(12)13)6-8(2)7-12/h9H,2-7H2,1H3/t9-,12-/m1/s1. The van der Waals surface area contributed by atoms with E-state index in [2.05, 4.69) is 6.58 Å². The fraction of sp³-hybridized carbons (Fsp3) is 0.667. The van der Waals surface area contributed by atoms with Crippen LogP contribution in [0.15, 0.2) is 12.2 Å². The first kappa shape index (κ1) is 10.4. The van der Waals surface area contributed by atoms with Crippen molar-refractivity contribution in [3.63, 3.8) is 0 Å². The molecule has 0 N–H and O–H groups in total. The van der Waals surface area contributed by atoms with E-state index in [9.17, 15) is 9.59 Å². The number of carbonyl (C=O) groups excluding carboxylic acids is 2. The first-order chi connectivity index (χ1) is 7.10. The lowest BCUT2D eigenvalue weighted by atomic mass is 9.73. The van der Waals surface area contributed by atoms with Crippen LogP contribution in [0.2, 0.25) is 0 Å². The predicted octanol–water partition coefficient (Wildman–Crippen LogP) is 1.86. The lowest BCUT2D eigenvalue weighted by molar-refractivity contribution is -0.160. The Kier molecular flexibility index (Phi) is 2.41. The van der Waals surface area contributed by atoms with Crippen LogP contribution in [-0.4, -0.2) is 18.4 Å². The summed E-state index contributed by atoms with van der Waals surface area (Å²) in [7, 11) is 0. The van der Waals surface area contributed by atoms with Gasteiger partial charge in [-0.2, -0.15) is 0 Å². The van der Waals surface area contributed by atoms with Gasteiger partial charge in [0.05, 0.1) is 6.61 Å². The van der Waals surface area contributed by atoms with Gasteiger partial charge in [-0.25, -0.2) is 0 Å². The number of allylic oxidation sites excluding steroid dienone is 1. The highest BCUT2D eigenvalue weighted by Gasteiger charge is 2.56. The van der Waals surface area contributed by atoms with Gasteiger partial charge in [-0.1, -0.05) is 12.2 Å². The number of hydrogen-bond acceptors (Lipinski definition) is 3. The van der Waals surface area contributed by atoms with Crippen LogP contribution in [-0.2, 0) is 14.3 Å². The van der Waals surface area contributed by atoms with E-state index in [0.717, 1.165) is 18.4 Å². The van der Waals surface area contributed by atoms with Crippen LogP contribution < -0.4 is 0 Å². The Morgan fingerprint density at radius 3 is 3.07 bits per heavy atom. The maximum atomic E-state index is 12.0. The average molecular weight is 208 g/mol. The zero-order valence-electron chi connectivity index (χ0n) is 9.04. The second-order valence-electron chi connectivity index (χ2n) is 4.53. The number of ketones is 1. The zero-order chi connectivity index (χ0) is 11.1. The van der Waals surface area contributed by atoms with Crippen molar-refractivity contribution in [1.82, 2.24) is 0 Å². The van der Waals surface area contributed by atoms with Crippen molar-refractivity contribution in [3.8, 4) is 0 Å². The first-order valence-electron chi connectivity index (χ1n) is 5.48. The zero-order valence-corrected chi connectivity index (χ0v) is 9.04. The van der Waals surface area contributed by atoms with Gasteiger partial charge in [0.2, 0.25) is 0 Å². The van der Waals surface area contributed by atoms with Crippen LogP contribution in [0, 0.1) is 11.3 Å². The number of Topliss-reactive ketones (excluding diaryl/α,β-unsaturated/α-hetero) is 1. The third-order valence-electron chi connectivity index (χ3n) is 3.52. The summed E-state index contributed by atoms with van der Waals surface area (Å²) in [5, 5.41) is 0. The molecule has 3 nitrogen and oxygen atoms in total. The normalized spacial score (nSPS) is 34.3. The fourth-order valence-electron chi connectivity index (χ4n) is 2.83. The molecular formula is C12H16O3. The minimum atomic E-state index is -0.865. The smallest absolute Gasteiger partial charge is 0.319 e. The van der Waals surface area contributed by atoms with Crippen LogP contribution >= 0.6 is 0 Å². The van der Waals surface area contributed by atoms with Gasteiger partial charge in [-0.3, -0.25) is 9.59 Å². The molecule has 2 atom stereocenters. The monoisotopic (exact) mass is 208 g/mol. The summed E-state index contributed by atoms with van der Waals surface area (Å²) >= 11 is 0. The highest BCUT2D eigenvalue weighted by atomic mass is 16.5. The van der Waals surface area contributed by atoms with Gasteiger partial charge in [0.25, 0.3) is 0 Å². The molecule has 0 heterocycles. The third kappa shape index (κ3) is 1.41. The molecule has 2 fully saturated rings. The maximum absolute atomic E-state index is 12.0. The van der Waals surface area contributed by atoms with Crippen LogP contribution in [0.4, 0.5) is 0 Å². The highest BCUT2D eigenvalue weighted by molar-refractivity contribution is 6.07. The molecule has 82 valence electrons. The second kappa shape index (κ2) is 3.47. The van der Waals surface area contributed by atoms with Gasteiger partial charge in [-0.05, 0) is 32.6 Å². The van der Waals surface area contributed by atoms with Gasteiger partial charge < -0.3 is 4.74 Å². The van der Waals surface area contributed by atoms with E-state index in [1.807, 2.05) is 0 Å². The summed E-state index contributed by atoms with van der Waals surface area (Å²) in [5.74, 6) is -0.220. The Morgan fingerprint density at radius 1 is 1.67 bits per heavy atom. The minimum absolute atomic E-state index is 0.0238. The number of hydrogen-bond donors (Lipinski definition) is 0. The molecule has 0 aromatic rings. The van der Waals surface area contributed by atoms with Crippen LogP contribution in [0.25, 0.3) is 0 Å². The average Bonchev–Trinajstić information content (AvgIpc) is 2.41. The highest BCUT2D eigenvalue weighted by Crippen LogP contribution is 2.50. The molecule has 0 unspecified atom stereocenters. The Labute approximate surface area is 89.5 Å². The van der Waals surface area contributed by atoms with Gasteiger partial charge in [0, 0.05) is 5.92 Å². The fourth-order valence-corrected chi connectivity index (χ4v) is 2.83. The van der Waals surface area contributed by atoms with E-state index in [4.69, 9.17) is 4.74 Å². The summed E-state index contributed by atoms with van der Waals surface area (Å²) in [5.41, 5.74) is 0.154. The van der Waals surface area contributed by atoms with E-state index in [-0.39, 0.29) is 17.7 Å². The van der Waals surface area contributed by atoms with Crippen molar-refractivity contribution >= 4 is 11.8 Å². The maximum Gasteiger partial charge on any atom is 0.319 e. The lowest BCUT2D eigenvalue weighted by Crippen LogP contribution is -2.41. The summed E-state index contributed by atoms with van der Waals surface area (Å²) in [6.45, 7) is 6.02. The topological polar surface area (TPSA) is 43.4 Å². The van der Waals surface area contributed by atoms with Crippen molar-refractivity contribution in [2.24, 2.45) is 11.3 Å². The van der Waals surface area contributed by atoms with Crippen LogP contribution in [0.5, 0.6) is 0 Å². The largest absolute Gasteiger partial charge is 0.465 e. The van der Waals surface area contributed by atoms with Gasteiger partial charge in [0.1, 0.15) is 5.41 Å². The summed E-state index contributed by atoms with van der Waals surface area (Å²) in [6, 6.07) is 0. The number of carbonyl (C=O) groups is 2. The van der Waals surface area contributed by atoms with Crippen molar-refractivity contribution in [2.45, 2.75) is 32.6 Å². The summed E-state index contributed by atoms with van der Waals surface area (Å²) in [4.78, 5) is 23.9. The Hall–Kier alpha value is -1.12. The number of ether oxygens (including phenoxy) is 1. The van der Waals surface area contributed by atoms with E-state index >= 15 is 0 Å². The van der Waals surface area contributed by atoms with E-state index < -0.39 is 5.41 Å². The molecule has 0 aromatic heterocycles. The van der Waals surface area contributed by atoms with Crippen LogP contribution in [0.1, 0.15) is 32.6 Å². The Bertz CT molecular complexity index is 332. The van der Waals surface area contributed by atoms with Crippen molar-refractivity contribution in [2.75, 3.05) is 6.61 Å². The van der Waals surface area contributed by atoms with Gasteiger partial charge >= 0.3 is 5.97 Å². The minimum Gasteiger partial charge on any atom is -0.465 e. The molecule has 2 aliphatic rings. The summed E-state index contributed by atoms with van der Waals surface area (Å²) in [6.07, 6.45) is 2.73. The van der Waals surface area contributed by atoms with Crippen molar-refractivity contribution in [1.29, 1.82) is 0 Å². The van der Waals surface area contributed by atoms with E-state index in [0.29, 0.717) is 19.4 Å². The molecule has 0 spiro atoms. The molecule has 0 amide bonds. The number of esters is 1. The first-order valence-corrected chi connectivity index (χ1v) is 5.48. The predicted molar refractivity (Wildman–Crippen MR) is 55.2 cm³/mol. The van der Waals surface area contributed by atoms with Crippen LogP contribution in [0.3, 0.4) is 0 Å². The third-order valence-corrected chi connectivity index (χ3v) is 3.52. The molecular weight excluding hydrogens is 192 g/mol. The Balaban J connectivity index is 2.29. The van der Waals surface area contributed by atoms with E-state index in [1.54, 1.807) is 6.92 Å². The van der Waals surface area contributed by atoms with Crippen molar-refractivity contribution < 1.29 is 14.3 Å². The molecule has 2 aliphatic carbocycles. The quantitative estimate of drug-likeness (QED) is 0.395. The summed E-state index contributed by atoms with van der Waals surface area (Å²) < 4.78 is 5.02. The van der Waals surface area contributed by atoms with Gasteiger partial charge in [0.15, 0.2) is 5.78 Å². The SMILES string of the molecule is C=C1C[C@H]2CC[C@@](C(=O)OCC)(C1)C2=O. The lowest BCUT2D eigenvalue weighted by Gasteiger charge is -2.30. The van der Waals surface area contributed by atoms with Crippen molar-refractivity contribution in [3.05, 3.63) is 12.2 Å². The number of rotatable bonds is 2. The second-order valence-corrected chi connectivity index (χ2v) is 4.53. The molecule has 0 saturated heterocycles. The molecule has 3 heteroatoms. The molecule has 2 saturated carbocycles. The van der Waals surface area contributed by atoms with Gasteiger partial charge in [-0.15, -0.1) is 0 Å². The molecule has 0 aliphatic heterocycles. The Morgan fingerprint density at radius 2 is 2.40 bits per heavy atom. The molecule has 2 bridgehead atoms. The molecule has 0 aromatic carbocycles. The van der Waals surface area contributed by atoms with E-state index in [1.165, 1.54) is 0 Å². The molecule has 0 radical (unpaired) electrons. The molecule has 2 rings (SSSR count).